The summed E-state index contributed by atoms with van der Waals surface area (Å²) in [7, 11) is 0. The van der Waals surface area contributed by atoms with Gasteiger partial charge in [0.2, 0.25) is 5.91 Å². The monoisotopic (exact) mass is 342 g/mol. The van der Waals surface area contributed by atoms with E-state index in [2.05, 4.69) is 60.5 Å². The Kier molecular flexibility index (Phi) is 5.50. The van der Waals surface area contributed by atoms with Crippen LogP contribution < -0.4 is 10.6 Å². The van der Waals surface area contributed by atoms with Gasteiger partial charge in [0.1, 0.15) is 16.2 Å². The van der Waals surface area contributed by atoms with Crippen molar-refractivity contribution in [1.82, 2.24) is 9.97 Å². The second-order valence-corrected chi connectivity index (χ2v) is 7.18. The number of nitrogens with two attached hydrogens (primary N) is 1. The number of primary amides is 1. The lowest BCUT2D eigenvalue weighted by Crippen LogP contribution is -2.37. The Labute approximate surface area is 129 Å². The van der Waals surface area contributed by atoms with Crippen molar-refractivity contribution in [3.05, 3.63) is 16.5 Å². The van der Waals surface area contributed by atoms with Crippen LogP contribution in [0.1, 0.15) is 40.4 Å². The summed E-state index contributed by atoms with van der Waals surface area (Å²) in [6.45, 7) is 11.2. The van der Waals surface area contributed by atoms with E-state index in [4.69, 9.17) is 5.73 Å². The quantitative estimate of drug-likeness (QED) is 0.834. The molecule has 0 radical (unpaired) electrons. The molecule has 0 atom stereocenters. The number of rotatable bonds is 5. The van der Waals surface area contributed by atoms with Crippen LogP contribution in [0.4, 0.5) is 5.82 Å². The Balaban J connectivity index is 3.18. The maximum absolute atomic E-state index is 11.3. The Morgan fingerprint density at radius 2 is 2.00 bits per heavy atom. The molecule has 1 amide bonds. The average Bonchev–Trinajstić information content (AvgIpc) is 2.24. The zero-order valence-corrected chi connectivity index (χ0v) is 14.4. The van der Waals surface area contributed by atoms with Gasteiger partial charge in [-0.25, -0.2) is 9.97 Å². The van der Waals surface area contributed by atoms with Crippen molar-refractivity contribution >= 4 is 27.7 Å². The van der Waals surface area contributed by atoms with Gasteiger partial charge in [-0.2, -0.15) is 0 Å². The van der Waals surface area contributed by atoms with Gasteiger partial charge in [0.05, 0.1) is 6.54 Å². The topological polar surface area (TPSA) is 72.1 Å². The van der Waals surface area contributed by atoms with Crippen LogP contribution in [0.25, 0.3) is 0 Å². The number of halogens is 1. The van der Waals surface area contributed by atoms with Crippen molar-refractivity contribution < 1.29 is 4.79 Å². The van der Waals surface area contributed by atoms with Gasteiger partial charge in [0.25, 0.3) is 0 Å². The molecule has 0 fully saturated rings. The highest BCUT2D eigenvalue weighted by Gasteiger charge is 2.21. The maximum Gasteiger partial charge on any atom is 0.236 e. The maximum atomic E-state index is 11.3. The molecular weight excluding hydrogens is 320 g/mol. The molecule has 0 unspecified atom stereocenters. The van der Waals surface area contributed by atoms with Gasteiger partial charge in [-0.1, -0.05) is 34.6 Å². The van der Waals surface area contributed by atoms with Crippen LogP contribution in [-0.4, -0.2) is 29.0 Å². The number of carbonyl (C=O) groups is 1. The number of nitrogens with zero attached hydrogens (tertiary/aromatic N) is 3. The van der Waals surface area contributed by atoms with Crippen LogP contribution in [0.2, 0.25) is 0 Å². The van der Waals surface area contributed by atoms with Gasteiger partial charge in [0.15, 0.2) is 0 Å². The summed E-state index contributed by atoms with van der Waals surface area (Å²) in [6, 6.07) is 1.82. The molecular formula is C14H23BrN4O. The van der Waals surface area contributed by atoms with E-state index in [0.717, 1.165) is 18.2 Å². The summed E-state index contributed by atoms with van der Waals surface area (Å²) < 4.78 is 0.714. The van der Waals surface area contributed by atoms with E-state index >= 15 is 0 Å². The third-order valence-electron chi connectivity index (χ3n) is 2.61. The molecule has 0 aromatic carbocycles. The van der Waals surface area contributed by atoms with Crippen LogP contribution in [-0.2, 0) is 10.2 Å². The van der Waals surface area contributed by atoms with E-state index in [9.17, 15) is 4.79 Å². The van der Waals surface area contributed by atoms with Gasteiger partial charge < -0.3 is 10.6 Å². The van der Waals surface area contributed by atoms with Crippen molar-refractivity contribution in [1.29, 1.82) is 0 Å². The molecule has 0 bridgehead atoms. The molecule has 0 aliphatic carbocycles. The minimum atomic E-state index is -0.363. The molecule has 0 saturated heterocycles. The fraction of sp³-hybridized carbons (Fsp3) is 0.643. The molecule has 112 valence electrons. The second-order valence-electron chi connectivity index (χ2n) is 6.36. The van der Waals surface area contributed by atoms with Crippen LogP contribution in [0.15, 0.2) is 10.7 Å². The fourth-order valence-electron chi connectivity index (χ4n) is 1.77. The van der Waals surface area contributed by atoms with E-state index in [0.29, 0.717) is 10.5 Å². The van der Waals surface area contributed by atoms with E-state index in [1.165, 1.54) is 0 Å². The largest absolute Gasteiger partial charge is 0.368 e. The van der Waals surface area contributed by atoms with Crippen molar-refractivity contribution in [2.24, 2.45) is 11.7 Å². The van der Waals surface area contributed by atoms with Gasteiger partial charge in [-0.15, -0.1) is 0 Å². The summed E-state index contributed by atoms with van der Waals surface area (Å²) in [6.07, 6.45) is 0. The highest BCUT2D eigenvalue weighted by Crippen LogP contribution is 2.24. The first kappa shape index (κ1) is 16.9. The average molecular weight is 343 g/mol. The predicted molar refractivity (Wildman–Crippen MR) is 84.7 cm³/mol. The van der Waals surface area contributed by atoms with E-state index in [1.54, 1.807) is 0 Å². The highest BCUT2D eigenvalue weighted by atomic mass is 79.9. The molecule has 1 rings (SSSR count). The lowest BCUT2D eigenvalue weighted by molar-refractivity contribution is -0.116. The number of hydrogen-bond donors (Lipinski definition) is 1. The van der Waals surface area contributed by atoms with Crippen LogP contribution in [0.3, 0.4) is 0 Å². The lowest BCUT2D eigenvalue weighted by Gasteiger charge is -2.26. The number of hydrogen-bond acceptors (Lipinski definition) is 4. The van der Waals surface area contributed by atoms with Crippen LogP contribution in [0, 0.1) is 5.92 Å². The summed E-state index contributed by atoms with van der Waals surface area (Å²) >= 11 is 3.41. The zero-order valence-electron chi connectivity index (χ0n) is 12.8. The Morgan fingerprint density at radius 1 is 1.40 bits per heavy atom. The molecule has 2 N–H and O–H groups in total. The molecule has 0 spiro atoms. The first-order chi connectivity index (χ1) is 9.09. The Hall–Kier alpha value is -1.17. The third kappa shape index (κ3) is 5.07. The normalized spacial score (nSPS) is 11.8. The fourth-order valence-corrected chi connectivity index (χ4v) is 2.14. The number of anilines is 1. The first-order valence-electron chi connectivity index (χ1n) is 6.68. The summed E-state index contributed by atoms with van der Waals surface area (Å²) in [5, 5.41) is 0. The van der Waals surface area contributed by atoms with Crippen LogP contribution >= 0.6 is 15.9 Å². The van der Waals surface area contributed by atoms with E-state index in [-0.39, 0.29) is 17.9 Å². The number of amides is 1. The molecule has 20 heavy (non-hydrogen) atoms. The van der Waals surface area contributed by atoms with E-state index < -0.39 is 0 Å². The number of carbonyl (C=O) groups excluding carboxylic acids is 1. The Morgan fingerprint density at radius 3 is 2.45 bits per heavy atom. The molecule has 1 aromatic heterocycles. The molecule has 1 heterocycles. The smallest absolute Gasteiger partial charge is 0.236 e. The van der Waals surface area contributed by atoms with Gasteiger partial charge in [0, 0.05) is 18.0 Å². The van der Waals surface area contributed by atoms with Crippen molar-refractivity contribution in [2.75, 3.05) is 18.0 Å². The summed E-state index contributed by atoms with van der Waals surface area (Å²) in [4.78, 5) is 22.2. The Bertz CT molecular complexity index is 483. The number of aromatic nitrogens is 2. The molecule has 1 aromatic rings. The molecule has 6 heteroatoms. The van der Waals surface area contributed by atoms with Crippen molar-refractivity contribution in [3.63, 3.8) is 0 Å². The van der Waals surface area contributed by atoms with Crippen molar-refractivity contribution in [2.45, 2.75) is 40.0 Å². The lowest BCUT2D eigenvalue weighted by atomic mass is 9.96. The molecule has 0 saturated carbocycles. The van der Waals surface area contributed by atoms with Gasteiger partial charge in [-0.05, 0) is 21.8 Å². The van der Waals surface area contributed by atoms with Gasteiger partial charge >= 0.3 is 0 Å². The predicted octanol–water partition coefficient (Wildman–Crippen LogP) is 2.48. The molecule has 0 aliphatic heterocycles. The first-order valence-corrected chi connectivity index (χ1v) is 7.47. The van der Waals surface area contributed by atoms with E-state index in [1.807, 2.05) is 11.0 Å². The SMILES string of the molecule is CC(C)CN(CC(N)=O)c1cc(Br)nc(C(C)(C)C)n1. The van der Waals surface area contributed by atoms with Crippen molar-refractivity contribution in [3.8, 4) is 0 Å². The van der Waals surface area contributed by atoms with Crippen LogP contribution in [0.5, 0.6) is 0 Å². The van der Waals surface area contributed by atoms with Gasteiger partial charge in [-0.3, -0.25) is 4.79 Å². The minimum absolute atomic E-state index is 0.158. The highest BCUT2D eigenvalue weighted by molar-refractivity contribution is 9.10. The molecule has 0 aliphatic rings. The zero-order chi connectivity index (χ0) is 15.5. The molecule has 5 nitrogen and oxygen atoms in total. The standard InChI is InChI=1S/C14H23BrN4O/c1-9(2)7-19(8-11(16)20)12-6-10(15)17-13(18-12)14(3,4)5/h6,9H,7-8H2,1-5H3,(H2,16,20). The minimum Gasteiger partial charge on any atom is -0.368 e. The third-order valence-corrected chi connectivity index (χ3v) is 3.01. The summed E-state index contributed by atoms with van der Waals surface area (Å²) in [5.74, 6) is 1.50. The summed E-state index contributed by atoms with van der Waals surface area (Å²) in [5.41, 5.74) is 5.17. The second kappa shape index (κ2) is 6.52.